The molecule has 3 heteroatoms. The highest BCUT2D eigenvalue weighted by molar-refractivity contribution is 5.30. The predicted molar refractivity (Wildman–Crippen MR) is 77.3 cm³/mol. The fourth-order valence-electron chi connectivity index (χ4n) is 1.92. The van der Waals surface area contributed by atoms with E-state index in [-0.39, 0.29) is 6.61 Å². The van der Waals surface area contributed by atoms with Gasteiger partial charge in [-0.15, -0.1) is 0 Å². The highest BCUT2D eigenvalue weighted by Crippen LogP contribution is 2.24. The highest BCUT2D eigenvalue weighted by Gasteiger charge is 2.23. The Kier molecular flexibility index (Phi) is 6.32. The van der Waals surface area contributed by atoms with E-state index < -0.39 is 11.7 Å². The minimum Gasteiger partial charge on any atom is -0.491 e. The van der Waals surface area contributed by atoms with Crippen molar-refractivity contribution in [2.75, 3.05) is 6.61 Å². The van der Waals surface area contributed by atoms with Gasteiger partial charge in [0.2, 0.25) is 0 Å². The van der Waals surface area contributed by atoms with Crippen LogP contribution < -0.4 is 4.74 Å². The molecule has 0 aliphatic heterocycles. The molecule has 3 nitrogen and oxygen atoms in total. The summed E-state index contributed by atoms with van der Waals surface area (Å²) in [5, 5.41) is 20.1. The zero-order chi connectivity index (χ0) is 14.3. The zero-order valence-corrected chi connectivity index (χ0v) is 12.2. The maximum Gasteiger partial charge on any atom is 0.119 e. The summed E-state index contributed by atoms with van der Waals surface area (Å²) in [5.74, 6) is 0.702. The first kappa shape index (κ1) is 16.0. The SMILES string of the molecule is CCC[C@H](O)c1cccc(OCC(O)(CC)CC)c1. The lowest BCUT2D eigenvalue weighted by atomic mass is 9.99. The lowest BCUT2D eigenvalue weighted by molar-refractivity contribution is -0.0114. The van der Waals surface area contributed by atoms with Crippen LogP contribution in [0.15, 0.2) is 24.3 Å². The summed E-state index contributed by atoms with van der Waals surface area (Å²) in [4.78, 5) is 0. The van der Waals surface area contributed by atoms with Gasteiger partial charge < -0.3 is 14.9 Å². The second-order valence-corrected chi connectivity index (χ2v) is 5.10. The second kappa shape index (κ2) is 7.51. The molecule has 0 aromatic heterocycles. The summed E-state index contributed by atoms with van der Waals surface area (Å²) in [7, 11) is 0. The van der Waals surface area contributed by atoms with Gasteiger partial charge in [-0.2, -0.15) is 0 Å². The van der Waals surface area contributed by atoms with Crippen molar-refractivity contribution in [2.24, 2.45) is 0 Å². The van der Waals surface area contributed by atoms with Crippen molar-refractivity contribution in [1.29, 1.82) is 0 Å². The third kappa shape index (κ3) is 4.84. The van der Waals surface area contributed by atoms with E-state index in [1.165, 1.54) is 0 Å². The minimum absolute atomic E-state index is 0.285. The van der Waals surface area contributed by atoms with Crippen molar-refractivity contribution >= 4 is 0 Å². The Morgan fingerprint density at radius 3 is 2.47 bits per heavy atom. The molecule has 0 spiro atoms. The van der Waals surface area contributed by atoms with E-state index in [0.29, 0.717) is 18.6 Å². The molecule has 1 aromatic carbocycles. The van der Waals surface area contributed by atoms with Crippen LogP contribution >= 0.6 is 0 Å². The molecule has 1 atom stereocenters. The summed E-state index contributed by atoms with van der Waals surface area (Å²) in [5.41, 5.74) is 0.105. The monoisotopic (exact) mass is 266 g/mol. The largest absolute Gasteiger partial charge is 0.491 e. The second-order valence-electron chi connectivity index (χ2n) is 5.10. The van der Waals surface area contributed by atoms with E-state index in [0.717, 1.165) is 18.4 Å². The van der Waals surface area contributed by atoms with Crippen molar-refractivity contribution in [3.05, 3.63) is 29.8 Å². The van der Waals surface area contributed by atoms with Gasteiger partial charge in [0.05, 0.1) is 11.7 Å². The smallest absolute Gasteiger partial charge is 0.119 e. The number of ether oxygens (including phenoxy) is 1. The lowest BCUT2D eigenvalue weighted by Gasteiger charge is -2.25. The first-order valence-corrected chi connectivity index (χ1v) is 7.17. The number of rotatable bonds is 8. The summed E-state index contributed by atoms with van der Waals surface area (Å²) in [6.45, 7) is 6.24. The Labute approximate surface area is 116 Å². The van der Waals surface area contributed by atoms with Gasteiger partial charge >= 0.3 is 0 Å². The molecule has 19 heavy (non-hydrogen) atoms. The third-order valence-corrected chi connectivity index (χ3v) is 3.63. The van der Waals surface area contributed by atoms with E-state index in [1.807, 2.05) is 45.0 Å². The highest BCUT2D eigenvalue weighted by atomic mass is 16.5. The molecule has 0 aliphatic carbocycles. The maximum absolute atomic E-state index is 10.2. The van der Waals surface area contributed by atoms with Crippen LogP contribution in [0.25, 0.3) is 0 Å². The van der Waals surface area contributed by atoms with E-state index in [1.54, 1.807) is 0 Å². The number of hydrogen-bond acceptors (Lipinski definition) is 3. The van der Waals surface area contributed by atoms with Crippen LogP contribution in [0.4, 0.5) is 0 Å². The molecule has 0 heterocycles. The average molecular weight is 266 g/mol. The van der Waals surface area contributed by atoms with Gasteiger partial charge in [-0.3, -0.25) is 0 Å². The summed E-state index contributed by atoms with van der Waals surface area (Å²) in [6.07, 6.45) is 2.59. The normalized spacial score (nSPS) is 13.3. The van der Waals surface area contributed by atoms with E-state index >= 15 is 0 Å². The molecule has 0 unspecified atom stereocenters. The van der Waals surface area contributed by atoms with E-state index in [9.17, 15) is 10.2 Å². The minimum atomic E-state index is -0.766. The Bertz CT molecular complexity index is 372. The Morgan fingerprint density at radius 2 is 1.89 bits per heavy atom. The van der Waals surface area contributed by atoms with Crippen molar-refractivity contribution < 1.29 is 14.9 Å². The van der Waals surface area contributed by atoms with Crippen LogP contribution in [0.2, 0.25) is 0 Å². The topological polar surface area (TPSA) is 49.7 Å². The molecule has 108 valence electrons. The lowest BCUT2D eigenvalue weighted by Crippen LogP contribution is -2.34. The molecule has 0 bridgehead atoms. The van der Waals surface area contributed by atoms with Gasteiger partial charge in [-0.1, -0.05) is 39.3 Å². The van der Waals surface area contributed by atoms with Gasteiger partial charge in [0.15, 0.2) is 0 Å². The predicted octanol–water partition coefficient (Wildman–Crippen LogP) is 3.45. The van der Waals surface area contributed by atoms with Gasteiger partial charge in [-0.25, -0.2) is 0 Å². The standard InChI is InChI=1S/C16H26O3/c1-4-8-15(17)13-9-7-10-14(11-13)19-12-16(18,5-2)6-3/h7,9-11,15,17-18H,4-6,8,12H2,1-3H3/t15-/m0/s1. The van der Waals surface area contributed by atoms with Crippen LogP contribution in [-0.4, -0.2) is 22.4 Å². The molecule has 0 fully saturated rings. The summed E-state index contributed by atoms with van der Waals surface area (Å²) >= 11 is 0. The number of aliphatic hydroxyl groups is 2. The fraction of sp³-hybridized carbons (Fsp3) is 0.625. The van der Waals surface area contributed by atoms with Crippen LogP contribution in [0.5, 0.6) is 5.75 Å². The molecular weight excluding hydrogens is 240 g/mol. The maximum atomic E-state index is 10.2. The molecule has 0 amide bonds. The number of benzene rings is 1. The van der Waals surface area contributed by atoms with Gasteiger partial charge in [0.1, 0.15) is 12.4 Å². The van der Waals surface area contributed by atoms with E-state index in [4.69, 9.17) is 4.74 Å². The quantitative estimate of drug-likeness (QED) is 0.757. The van der Waals surface area contributed by atoms with Gasteiger partial charge in [0, 0.05) is 0 Å². The van der Waals surface area contributed by atoms with Crippen LogP contribution in [0.3, 0.4) is 0 Å². The van der Waals surface area contributed by atoms with Gasteiger partial charge in [0.25, 0.3) is 0 Å². The van der Waals surface area contributed by atoms with Gasteiger partial charge in [-0.05, 0) is 37.0 Å². The Balaban J connectivity index is 2.67. The molecular formula is C16H26O3. The van der Waals surface area contributed by atoms with Crippen molar-refractivity contribution in [2.45, 2.75) is 58.2 Å². The molecule has 0 aliphatic rings. The molecule has 0 radical (unpaired) electrons. The molecule has 1 rings (SSSR count). The molecule has 0 saturated heterocycles. The average Bonchev–Trinajstić information content (AvgIpc) is 2.45. The fourth-order valence-corrected chi connectivity index (χ4v) is 1.92. The molecule has 1 aromatic rings. The van der Waals surface area contributed by atoms with Crippen LogP contribution in [0.1, 0.15) is 58.1 Å². The first-order valence-electron chi connectivity index (χ1n) is 7.17. The Hall–Kier alpha value is -1.06. The van der Waals surface area contributed by atoms with Crippen molar-refractivity contribution in [1.82, 2.24) is 0 Å². The third-order valence-electron chi connectivity index (χ3n) is 3.63. The summed E-state index contributed by atoms with van der Waals surface area (Å²) in [6, 6.07) is 7.49. The van der Waals surface area contributed by atoms with Crippen molar-refractivity contribution in [3.8, 4) is 5.75 Å². The summed E-state index contributed by atoms with van der Waals surface area (Å²) < 4.78 is 5.66. The molecule has 2 N–H and O–H groups in total. The van der Waals surface area contributed by atoms with E-state index in [2.05, 4.69) is 0 Å². The Morgan fingerprint density at radius 1 is 1.21 bits per heavy atom. The number of aliphatic hydroxyl groups excluding tert-OH is 1. The van der Waals surface area contributed by atoms with Crippen LogP contribution in [0, 0.1) is 0 Å². The van der Waals surface area contributed by atoms with Crippen molar-refractivity contribution in [3.63, 3.8) is 0 Å². The first-order chi connectivity index (χ1) is 9.04. The zero-order valence-electron chi connectivity index (χ0n) is 12.2. The van der Waals surface area contributed by atoms with Crippen LogP contribution in [-0.2, 0) is 0 Å². The molecule has 0 saturated carbocycles. The number of hydrogen-bond donors (Lipinski definition) is 2.